The van der Waals surface area contributed by atoms with E-state index in [0.29, 0.717) is 23.0 Å². The van der Waals surface area contributed by atoms with E-state index in [1.165, 1.54) is 0 Å². The van der Waals surface area contributed by atoms with Gasteiger partial charge in [0, 0.05) is 27.8 Å². The number of hydrogen-bond donors (Lipinski definition) is 0. The molecule has 0 aliphatic carbocycles. The Balaban J connectivity index is 1.66. The van der Waals surface area contributed by atoms with E-state index in [9.17, 15) is 4.79 Å². The molecule has 4 aromatic rings. The van der Waals surface area contributed by atoms with Crippen molar-refractivity contribution in [2.75, 3.05) is 0 Å². The van der Waals surface area contributed by atoms with Gasteiger partial charge in [-0.05, 0) is 29.8 Å². The first kappa shape index (κ1) is 17.0. The van der Waals surface area contributed by atoms with E-state index in [4.69, 9.17) is 9.41 Å². The number of nitrogens with zero attached hydrogens (tertiary/aromatic N) is 1. The highest BCUT2D eigenvalue weighted by Gasteiger charge is 2.25. The molecule has 0 bridgehead atoms. The molecule has 1 aliphatic heterocycles. The van der Waals surface area contributed by atoms with Gasteiger partial charge in [-0.25, -0.2) is 0 Å². The molecule has 0 spiro atoms. The lowest BCUT2D eigenvalue weighted by Crippen LogP contribution is -2.14. The molecule has 3 aromatic carbocycles. The zero-order chi connectivity index (χ0) is 18.9. The van der Waals surface area contributed by atoms with Crippen molar-refractivity contribution in [1.82, 2.24) is 0 Å². The second-order valence-corrected chi connectivity index (χ2v) is 7.96. The summed E-state index contributed by atoms with van der Waals surface area (Å²) in [7, 11) is 0. The molecule has 0 N–H and O–H groups in total. The highest BCUT2D eigenvalue weighted by Crippen LogP contribution is 2.44. The van der Waals surface area contributed by atoms with E-state index < -0.39 is 0 Å². The second kappa shape index (κ2) is 7.13. The predicted molar refractivity (Wildman–Crippen MR) is 115 cm³/mol. The third-order valence-corrected chi connectivity index (χ3v) is 6.23. The van der Waals surface area contributed by atoms with Crippen LogP contribution in [0.4, 0.5) is 5.69 Å². The largest absolute Gasteiger partial charge is 0.464 e. The lowest BCUT2D eigenvalue weighted by Gasteiger charge is -2.15. The van der Waals surface area contributed by atoms with Gasteiger partial charge in [0.05, 0.1) is 17.3 Å². The fourth-order valence-corrected chi connectivity index (χ4v) is 4.74. The van der Waals surface area contributed by atoms with Gasteiger partial charge in [-0.2, -0.15) is 0 Å². The molecular formula is C24H17NO2S. The van der Waals surface area contributed by atoms with Crippen molar-refractivity contribution in [3.05, 3.63) is 106 Å². The Labute approximate surface area is 166 Å². The molecule has 5 rings (SSSR count). The number of fused-ring (bicyclic) bond motifs is 2. The fraction of sp³-hybridized carbons (Fsp3) is 0.0833. The summed E-state index contributed by atoms with van der Waals surface area (Å²) in [4.78, 5) is 19.2. The van der Waals surface area contributed by atoms with Crippen LogP contribution >= 0.6 is 11.8 Å². The van der Waals surface area contributed by atoms with Crippen LogP contribution in [-0.4, -0.2) is 5.71 Å². The van der Waals surface area contributed by atoms with E-state index in [-0.39, 0.29) is 10.7 Å². The Morgan fingerprint density at radius 3 is 2.54 bits per heavy atom. The van der Waals surface area contributed by atoms with E-state index in [1.807, 2.05) is 60.7 Å². The Hall–Kier alpha value is -3.11. The number of hydrogen-bond acceptors (Lipinski definition) is 4. The minimum atomic E-state index is -0.0662. The van der Waals surface area contributed by atoms with Crippen LogP contribution in [0.25, 0.3) is 11.0 Å². The average molecular weight is 383 g/mol. The van der Waals surface area contributed by atoms with Crippen molar-refractivity contribution in [3.8, 4) is 0 Å². The first-order valence-corrected chi connectivity index (χ1v) is 10.1. The summed E-state index contributed by atoms with van der Waals surface area (Å²) in [6.07, 6.45) is 2.28. The van der Waals surface area contributed by atoms with Crippen molar-refractivity contribution >= 4 is 34.1 Å². The van der Waals surface area contributed by atoms with Gasteiger partial charge in [-0.15, -0.1) is 11.8 Å². The molecule has 1 atom stereocenters. The molecule has 136 valence electrons. The molecular weight excluding hydrogens is 366 g/mol. The Kier molecular flexibility index (Phi) is 4.34. The topological polar surface area (TPSA) is 42.6 Å². The van der Waals surface area contributed by atoms with Crippen molar-refractivity contribution in [2.24, 2.45) is 4.99 Å². The Morgan fingerprint density at radius 1 is 0.893 bits per heavy atom. The summed E-state index contributed by atoms with van der Waals surface area (Å²) >= 11 is 1.68. The molecule has 28 heavy (non-hydrogen) atoms. The quantitative estimate of drug-likeness (QED) is 0.417. The zero-order valence-electron chi connectivity index (χ0n) is 15.0. The Morgan fingerprint density at radius 2 is 1.64 bits per heavy atom. The molecule has 0 saturated carbocycles. The van der Waals surface area contributed by atoms with Crippen LogP contribution in [0.15, 0.2) is 104 Å². The van der Waals surface area contributed by atoms with Crippen molar-refractivity contribution in [2.45, 2.75) is 16.6 Å². The van der Waals surface area contributed by atoms with Gasteiger partial charge >= 0.3 is 0 Å². The van der Waals surface area contributed by atoms with E-state index in [1.54, 1.807) is 18.0 Å². The number of thioether (sulfide) groups is 1. The summed E-state index contributed by atoms with van der Waals surface area (Å²) < 4.78 is 5.79. The maximum Gasteiger partial charge on any atom is 0.197 e. The van der Waals surface area contributed by atoms with Crippen molar-refractivity contribution in [3.63, 3.8) is 0 Å². The smallest absolute Gasteiger partial charge is 0.197 e. The third-order valence-electron chi connectivity index (χ3n) is 4.93. The van der Waals surface area contributed by atoms with Crippen LogP contribution in [0, 0.1) is 0 Å². The number of rotatable bonds is 2. The lowest BCUT2D eigenvalue weighted by molar-refractivity contribution is 0.592. The van der Waals surface area contributed by atoms with Gasteiger partial charge in [-0.3, -0.25) is 9.79 Å². The van der Waals surface area contributed by atoms with Gasteiger partial charge in [-0.1, -0.05) is 54.6 Å². The highest BCUT2D eigenvalue weighted by molar-refractivity contribution is 7.99. The molecule has 0 radical (unpaired) electrons. The lowest BCUT2D eigenvalue weighted by atomic mass is 10.0. The molecule has 4 heteroatoms. The summed E-state index contributed by atoms with van der Waals surface area (Å²) in [6, 6.07) is 25.7. The summed E-state index contributed by atoms with van der Waals surface area (Å²) in [5.41, 5.74) is 4.34. The molecule has 1 aliphatic rings. The fourth-order valence-electron chi connectivity index (χ4n) is 3.51. The SMILES string of the molecule is O=c1c(C2CC(c3ccccc3)=Nc3ccccc3S2)coc2ccccc12. The van der Waals surface area contributed by atoms with Crippen LogP contribution < -0.4 is 5.43 Å². The van der Waals surface area contributed by atoms with Crippen LogP contribution in [0.2, 0.25) is 0 Å². The van der Waals surface area contributed by atoms with Gasteiger partial charge < -0.3 is 4.42 Å². The summed E-state index contributed by atoms with van der Waals surface area (Å²) in [6.45, 7) is 0. The first-order valence-electron chi connectivity index (χ1n) is 9.19. The standard InChI is InChI=1S/C24H17NO2S/c26-24-17-10-4-6-12-21(17)27-15-18(24)23-14-20(16-8-2-1-3-9-16)25-19-11-5-7-13-22(19)28-23/h1-13,15,23H,14H2. The predicted octanol–water partition coefficient (Wildman–Crippen LogP) is 6.15. The molecule has 1 aromatic heterocycles. The van der Waals surface area contributed by atoms with Gasteiger partial charge in [0.15, 0.2) is 5.43 Å². The zero-order valence-corrected chi connectivity index (χ0v) is 15.9. The van der Waals surface area contributed by atoms with Crippen molar-refractivity contribution < 1.29 is 4.42 Å². The van der Waals surface area contributed by atoms with Crippen LogP contribution in [0.3, 0.4) is 0 Å². The minimum absolute atomic E-state index is 0.0335. The van der Waals surface area contributed by atoms with E-state index in [2.05, 4.69) is 18.2 Å². The number of aliphatic imine (C=N–C) groups is 1. The molecule has 0 fully saturated rings. The minimum Gasteiger partial charge on any atom is -0.464 e. The summed E-state index contributed by atoms with van der Waals surface area (Å²) in [5.74, 6) is 0. The molecule has 3 nitrogen and oxygen atoms in total. The number of para-hydroxylation sites is 2. The van der Waals surface area contributed by atoms with Crippen molar-refractivity contribution in [1.29, 1.82) is 0 Å². The van der Waals surface area contributed by atoms with Crippen LogP contribution in [0.1, 0.15) is 22.8 Å². The van der Waals surface area contributed by atoms with E-state index >= 15 is 0 Å². The van der Waals surface area contributed by atoms with Crippen LogP contribution in [-0.2, 0) is 0 Å². The molecule has 0 saturated heterocycles. The highest BCUT2D eigenvalue weighted by atomic mass is 32.2. The van der Waals surface area contributed by atoms with E-state index in [0.717, 1.165) is 21.9 Å². The second-order valence-electron chi connectivity index (χ2n) is 6.72. The third kappa shape index (κ3) is 3.06. The molecule has 2 heterocycles. The molecule has 0 amide bonds. The van der Waals surface area contributed by atoms with Gasteiger partial charge in [0.25, 0.3) is 0 Å². The number of benzene rings is 3. The normalized spacial score (nSPS) is 16.3. The maximum atomic E-state index is 13.2. The first-order chi connectivity index (χ1) is 13.8. The Bertz CT molecular complexity index is 1240. The molecule has 1 unspecified atom stereocenters. The average Bonchev–Trinajstić information content (AvgIpc) is 2.94. The summed E-state index contributed by atoms with van der Waals surface area (Å²) in [5, 5.41) is 0.555. The monoisotopic (exact) mass is 383 g/mol. The van der Waals surface area contributed by atoms with Crippen LogP contribution in [0.5, 0.6) is 0 Å². The maximum absolute atomic E-state index is 13.2. The van der Waals surface area contributed by atoms with Gasteiger partial charge in [0.2, 0.25) is 0 Å². The van der Waals surface area contributed by atoms with Gasteiger partial charge in [0.1, 0.15) is 5.58 Å².